The van der Waals surface area contributed by atoms with Crippen molar-refractivity contribution in [3.63, 3.8) is 0 Å². The summed E-state index contributed by atoms with van der Waals surface area (Å²) in [5.74, 6) is 1.99. The van der Waals surface area contributed by atoms with Crippen LogP contribution >= 0.6 is 0 Å². The van der Waals surface area contributed by atoms with Gasteiger partial charge in [0.1, 0.15) is 11.4 Å². The van der Waals surface area contributed by atoms with Crippen molar-refractivity contribution >= 4 is 11.7 Å². The Morgan fingerprint density at radius 2 is 1.81 bits per heavy atom. The van der Waals surface area contributed by atoms with Crippen LogP contribution in [-0.2, 0) is 22.4 Å². The number of ether oxygens (including phenoxy) is 4. The number of carbonyl (C=O) groups is 1. The van der Waals surface area contributed by atoms with E-state index in [1.165, 1.54) is 7.11 Å². The van der Waals surface area contributed by atoms with Crippen LogP contribution in [0.3, 0.4) is 0 Å². The van der Waals surface area contributed by atoms with Gasteiger partial charge in [0.2, 0.25) is 0 Å². The van der Waals surface area contributed by atoms with E-state index in [0.717, 1.165) is 29.7 Å². The Balaban J connectivity index is 1.77. The molecule has 2 aliphatic rings. The smallest absolute Gasteiger partial charge is 0.305 e. The molecule has 0 atom stereocenters. The van der Waals surface area contributed by atoms with Gasteiger partial charge in [0.15, 0.2) is 11.5 Å². The number of esters is 1. The van der Waals surface area contributed by atoms with Crippen molar-refractivity contribution in [1.82, 2.24) is 0 Å². The number of hydrogen-bond acceptors (Lipinski definition) is 6. The van der Waals surface area contributed by atoms with Crippen LogP contribution in [0.5, 0.6) is 17.2 Å². The fourth-order valence-electron chi connectivity index (χ4n) is 2.78. The van der Waals surface area contributed by atoms with E-state index in [4.69, 9.17) is 19.9 Å². The fraction of sp³-hybridized carbons (Fsp3) is 0.533. The molecule has 21 heavy (non-hydrogen) atoms. The van der Waals surface area contributed by atoms with Crippen LogP contribution in [0.25, 0.3) is 0 Å². The van der Waals surface area contributed by atoms with E-state index >= 15 is 0 Å². The monoisotopic (exact) mass is 293 g/mol. The van der Waals surface area contributed by atoms with E-state index < -0.39 is 0 Å². The highest BCUT2D eigenvalue weighted by molar-refractivity contribution is 5.75. The molecule has 6 heteroatoms. The molecular weight excluding hydrogens is 274 g/mol. The third kappa shape index (κ3) is 2.46. The number of nitrogen functional groups attached to an aromatic ring is 1. The second-order valence-electron chi connectivity index (χ2n) is 5.08. The SMILES string of the molecule is COC(=O)CCCOc1c2c(c(N)c3c1CCO3)OCC2. The summed E-state index contributed by atoms with van der Waals surface area (Å²) < 4.78 is 21.7. The highest BCUT2D eigenvalue weighted by Crippen LogP contribution is 2.50. The molecule has 0 saturated carbocycles. The van der Waals surface area contributed by atoms with E-state index in [1.807, 2.05) is 0 Å². The molecule has 1 aromatic rings. The van der Waals surface area contributed by atoms with Crippen molar-refractivity contribution in [1.29, 1.82) is 0 Å². The Kier molecular flexibility index (Phi) is 3.77. The zero-order valence-corrected chi connectivity index (χ0v) is 12.1. The van der Waals surface area contributed by atoms with Crippen LogP contribution in [0, 0.1) is 0 Å². The molecule has 0 saturated heterocycles. The predicted molar refractivity (Wildman–Crippen MR) is 76.0 cm³/mol. The van der Waals surface area contributed by atoms with Gasteiger partial charge in [0.25, 0.3) is 0 Å². The second-order valence-corrected chi connectivity index (χ2v) is 5.08. The molecule has 2 N–H and O–H groups in total. The van der Waals surface area contributed by atoms with E-state index in [9.17, 15) is 4.79 Å². The summed E-state index contributed by atoms with van der Waals surface area (Å²) >= 11 is 0. The molecule has 0 spiro atoms. The number of methoxy groups -OCH3 is 1. The van der Waals surface area contributed by atoms with Gasteiger partial charge in [-0.25, -0.2) is 0 Å². The molecule has 0 radical (unpaired) electrons. The first-order valence-corrected chi connectivity index (χ1v) is 7.14. The highest BCUT2D eigenvalue weighted by Gasteiger charge is 2.31. The van der Waals surface area contributed by atoms with Gasteiger partial charge in [-0.2, -0.15) is 0 Å². The third-order valence-corrected chi connectivity index (χ3v) is 3.78. The number of carbonyl (C=O) groups excluding carboxylic acids is 1. The Bertz CT molecular complexity index is 535. The average Bonchev–Trinajstić information content (AvgIpc) is 3.15. The Hall–Kier alpha value is -2.11. The number of benzene rings is 1. The average molecular weight is 293 g/mol. The molecule has 2 heterocycles. The van der Waals surface area contributed by atoms with Crippen molar-refractivity contribution in [2.45, 2.75) is 25.7 Å². The molecule has 0 aromatic heterocycles. The molecule has 6 nitrogen and oxygen atoms in total. The summed E-state index contributed by atoms with van der Waals surface area (Å²) in [6, 6.07) is 0. The first-order chi connectivity index (χ1) is 10.2. The molecule has 0 unspecified atom stereocenters. The first-order valence-electron chi connectivity index (χ1n) is 7.14. The van der Waals surface area contributed by atoms with Gasteiger partial charge in [-0.1, -0.05) is 0 Å². The molecule has 0 fully saturated rings. The van der Waals surface area contributed by atoms with Gasteiger partial charge >= 0.3 is 5.97 Å². The Morgan fingerprint density at radius 3 is 2.38 bits per heavy atom. The number of rotatable bonds is 5. The summed E-state index contributed by atoms with van der Waals surface area (Å²) in [6.45, 7) is 1.68. The minimum atomic E-state index is -0.224. The van der Waals surface area contributed by atoms with Crippen LogP contribution in [0.15, 0.2) is 0 Å². The maximum atomic E-state index is 11.1. The largest absolute Gasteiger partial charge is 0.493 e. The van der Waals surface area contributed by atoms with Crippen molar-refractivity contribution < 1.29 is 23.7 Å². The normalized spacial score (nSPS) is 14.9. The maximum absolute atomic E-state index is 11.1. The lowest BCUT2D eigenvalue weighted by molar-refractivity contribution is -0.140. The van der Waals surface area contributed by atoms with Crippen LogP contribution in [0.4, 0.5) is 5.69 Å². The number of fused-ring (bicyclic) bond motifs is 2. The summed E-state index contributed by atoms with van der Waals surface area (Å²) in [5, 5.41) is 0. The van der Waals surface area contributed by atoms with E-state index in [0.29, 0.717) is 49.8 Å². The van der Waals surface area contributed by atoms with E-state index in [-0.39, 0.29) is 5.97 Å². The van der Waals surface area contributed by atoms with Crippen molar-refractivity contribution in [2.75, 3.05) is 32.7 Å². The third-order valence-electron chi connectivity index (χ3n) is 3.78. The highest BCUT2D eigenvalue weighted by atomic mass is 16.5. The first kappa shape index (κ1) is 13.9. The molecule has 0 amide bonds. The lowest BCUT2D eigenvalue weighted by atomic mass is 10.0. The van der Waals surface area contributed by atoms with Gasteiger partial charge in [0, 0.05) is 30.4 Å². The molecule has 114 valence electrons. The van der Waals surface area contributed by atoms with Crippen molar-refractivity contribution in [2.24, 2.45) is 0 Å². The van der Waals surface area contributed by atoms with Crippen molar-refractivity contribution in [3.05, 3.63) is 11.1 Å². The van der Waals surface area contributed by atoms with Gasteiger partial charge in [0.05, 0.1) is 26.9 Å². The van der Waals surface area contributed by atoms with E-state index in [2.05, 4.69) is 4.74 Å². The fourth-order valence-corrected chi connectivity index (χ4v) is 2.78. The zero-order valence-electron chi connectivity index (χ0n) is 12.1. The quantitative estimate of drug-likeness (QED) is 0.503. The topological polar surface area (TPSA) is 80.0 Å². The Labute approximate surface area is 123 Å². The number of anilines is 1. The summed E-state index contributed by atoms with van der Waals surface area (Å²) in [5.41, 5.74) is 8.73. The van der Waals surface area contributed by atoms with Gasteiger partial charge in [-0.05, 0) is 6.42 Å². The van der Waals surface area contributed by atoms with Crippen LogP contribution in [0.1, 0.15) is 24.0 Å². The minimum absolute atomic E-state index is 0.224. The zero-order chi connectivity index (χ0) is 14.8. The lowest BCUT2D eigenvalue weighted by Crippen LogP contribution is -2.07. The van der Waals surface area contributed by atoms with E-state index in [1.54, 1.807) is 0 Å². The lowest BCUT2D eigenvalue weighted by Gasteiger charge is -2.16. The molecular formula is C15H19NO5. The molecule has 1 aromatic carbocycles. The standard InChI is InChI=1S/C15H19NO5/c1-18-11(17)3-2-6-19-13-9-4-7-20-14(9)12(16)15-10(13)5-8-21-15/h2-8,16H2,1H3. The molecule has 2 aliphatic heterocycles. The molecule has 0 aliphatic carbocycles. The van der Waals surface area contributed by atoms with Crippen LogP contribution < -0.4 is 19.9 Å². The Morgan fingerprint density at radius 1 is 1.19 bits per heavy atom. The van der Waals surface area contributed by atoms with Crippen molar-refractivity contribution in [3.8, 4) is 17.2 Å². The molecule has 3 rings (SSSR count). The summed E-state index contributed by atoms with van der Waals surface area (Å²) in [6.07, 6.45) is 2.55. The van der Waals surface area contributed by atoms with Gasteiger partial charge < -0.3 is 24.7 Å². The maximum Gasteiger partial charge on any atom is 0.305 e. The second kappa shape index (κ2) is 5.71. The molecule has 0 bridgehead atoms. The minimum Gasteiger partial charge on any atom is -0.493 e. The summed E-state index contributed by atoms with van der Waals surface area (Å²) in [4.78, 5) is 11.1. The van der Waals surface area contributed by atoms with Crippen LogP contribution in [-0.4, -0.2) is 32.9 Å². The predicted octanol–water partition coefficient (Wildman–Crippen LogP) is 1.47. The summed E-state index contributed by atoms with van der Waals surface area (Å²) in [7, 11) is 1.39. The number of nitrogens with two attached hydrogens (primary N) is 1. The van der Waals surface area contributed by atoms with Gasteiger partial charge in [-0.3, -0.25) is 4.79 Å². The van der Waals surface area contributed by atoms with Crippen LogP contribution in [0.2, 0.25) is 0 Å². The van der Waals surface area contributed by atoms with Gasteiger partial charge in [-0.15, -0.1) is 0 Å². The number of hydrogen-bond donors (Lipinski definition) is 1.